The van der Waals surface area contributed by atoms with Crippen LogP contribution in [0.5, 0.6) is 0 Å². The van der Waals surface area contributed by atoms with Gasteiger partial charge in [-0.1, -0.05) is 45.0 Å². The summed E-state index contributed by atoms with van der Waals surface area (Å²) in [4.78, 5) is 10.7. The molecule has 0 aliphatic carbocycles. The van der Waals surface area contributed by atoms with Crippen molar-refractivity contribution in [3.8, 4) is 0 Å². The van der Waals surface area contributed by atoms with Crippen molar-refractivity contribution in [1.29, 1.82) is 0 Å². The maximum Gasteiger partial charge on any atom is 0.449 e. The van der Waals surface area contributed by atoms with Crippen LogP contribution in [0.3, 0.4) is 0 Å². The van der Waals surface area contributed by atoms with E-state index in [-0.39, 0.29) is 11.8 Å². The van der Waals surface area contributed by atoms with Crippen LogP contribution >= 0.6 is 0 Å². The minimum absolute atomic E-state index is 0.0142. The Balaban J connectivity index is 2.63. The molecule has 1 nitrogen and oxygen atoms in total. The van der Waals surface area contributed by atoms with E-state index in [4.69, 9.17) is 0 Å². The number of hydrogen-bond acceptors (Lipinski definition) is 1. The zero-order chi connectivity index (χ0) is 14.0. The monoisotopic (exact) mass is 258 g/mol. The minimum Gasteiger partial charge on any atom is -0.290 e. The van der Waals surface area contributed by atoms with Crippen molar-refractivity contribution in [2.45, 2.75) is 45.2 Å². The number of hydrogen-bond donors (Lipinski definition) is 0. The highest BCUT2D eigenvalue weighted by Gasteiger charge is 2.37. The molecule has 0 unspecified atom stereocenters. The summed E-state index contributed by atoms with van der Waals surface area (Å²) in [6.45, 7) is 6.19. The summed E-state index contributed by atoms with van der Waals surface area (Å²) in [5.74, 6) is -1.66. The zero-order valence-electron chi connectivity index (χ0n) is 10.8. The number of aryl methyl sites for hydroxylation is 1. The number of carbonyl (C=O) groups is 1. The predicted molar refractivity (Wildman–Crippen MR) is 64.5 cm³/mol. The standard InChI is InChI=1S/C14H17F3O/c1-13(2,3)11-7-4-10(5-8-11)6-9-12(18)14(15,16)17/h4-5,7-8H,6,9H2,1-3H3. The molecule has 0 heterocycles. The highest BCUT2D eigenvalue weighted by molar-refractivity contribution is 5.84. The number of Topliss-reactive ketones (excluding diaryl/α,β-unsaturated/α-hetero) is 1. The van der Waals surface area contributed by atoms with Gasteiger partial charge in [0.25, 0.3) is 0 Å². The summed E-state index contributed by atoms with van der Waals surface area (Å²) < 4.78 is 36.1. The second-order valence-electron chi connectivity index (χ2n) is 5.37. The maximum atomic E-state index is 12.0. The van der Waals surface area contributed by atoms with Gasteiger partial charge in [-0.25, -0.2) is 0 Å². The van der Waals surface area contributed by atoms with Crippen molar-refractivity contribution in [3.05, 3.63) is 35.4 Å². The third kappa shape index (κ3) is 4.17. The van der Waals surface area contributed by atoms with Crippen LogP contribution in [0.4, 0.5) is 13.2 Å². The summed E-state index contributed by atoms with van der Waals surface area (Å²) in [6, 6.07) is 7.36. The lowest BCUT2D eigenvalue weighted by atomic mass is 9.86. The molecule has 0 N–H and O–H groups in total. The molecule has 0 fully saturated rings. The quantitative estimate of drug-likeness (QED) is 0.799. The average molecular weight is 258 g/mol. The fourth-order valence-corrected chi connectivity index (χ4v) is 1.57. The molecule has 0 saturated heterocycles. The van der Waals surface area contributed by atoms with Crippen LogP contribution in [0.1, 0.15) is 38.3 Å². The van der Waals surface area contributed by atoms with Crippen molar-refractivity contribution in [2.75, 3.05) is 0 Å². The second kappa shape index (κ2) is 5.12. The average Bonchev–Trinajstić information content (AvgIpc) is 2.24. The predicted octanol–water partition coefficient (Wildman–Crippen LogP) is 4.05. The van der Waals surface area contributed by atoms with E-state index in [2.05, 4.69) is 20.8 Å². The molecule has 0 amide bonds. The maximum absolute atomic E-state index is 12.0. The lowest BCUT2D eigenvalue weighted by Crippen LogP contribution is -2.22. The van der Waals surface area contributed by atoms with Gasteiger partial charge in [0.15, 0.2) is 0 Å². The van der Waals surface area contributed by atoms with Crippen LogP contribution in [-0.4, -0.2) is 12.0 Å². The van der Waals surface area contributed by atoms with E-state index in [9.17, 15) is 18.0 Å². The van der Waals surface area contributed by atoms with Gasteiger partial charge >= 0.3 is 6.18 Å². The first-order chi connectivity index (χ1) is 8.10. The third-order valence-electron chi connectivity index (χ3n) is 2.78. The molecule has 0 aliphatic heterocycles. The molecular formula is C14H17F3O. The summed E-state index contributed by atoms with van der Waals surface area (Å²) >= 11 is 0. The van der Waals surface area contributed by atoms with E-state index in [1.54, 1.807) is 12.1 Å². The zero-order valence-corrected chi connectivity index (χ0v) is 10.8. The Labute approximate surface area is 105 Å². The second-order valence-corrected chi connectivity index (χ2v) is 5.37. The Bertz CT molecular complexity index is 410. The summed E-state index contributed by atoms with van der Waals surface area (Å²) in [7, 11) is 0. The minimum atomic E-state index is -4.72. The highest BCUT2D eigenvalue weighted by Crippen LogP contribution is 2.23. The molecule has 0 spiro atoms. The third-order valence-corrected chi connectivity index (χ3v) is 2.78. The van der Waals surface area contributed by atoms with Gasteiger partial charge in [-0.05, 0) is 23.0 Å². The smallest absolute Gasteiger partial charge is 0.290 e. The van der Waals surface area contributed by atoms with Crippen molar-refractivity contribution in [2.24, 2.45) is 0 Å². The molecule has 0 saturated carbocycles. The van der Waals surface area contributed by atoms with E-state index >= 15 is 0 Å². The fourth-order valence-electron chi connectivity index (χ4n) is 1.57. The van der Waals surface area contributed by atoms with Crippen molar-refractivity contribution < 1.29 is 18.0 Å². The molecule has 0 aromatic heterocycles. The molecule has 4 heteroatoms. The van der Waals surface area contributed by atoms with Gasteiger partial charge in [-0.15, -0.1) is 0 Å². The van der Waals surface area contributed by atoms with Gasteiger partial charge in [0, 0.05) is 6.42 Å². The topological polar surface area (TPSA) is 17.1 Å². The van der Waals surface area contributed by atoms with Crippen molar-refractivity contribution in [3.63, 3.8) is 0 Å². The number of rotatable bonds is 3. The van der Waals surface area contributed by atoms with Crippen LogP contribution in [-0.2, 0) is 16.6 Å². The summed E-state index contributed by atoms with van der Waals surface area (Å²) in [5.41, 5.74) is 1.88. The first-order valence-electron chi connectivity index (χ1n) is 5.80. The van der Waals surface area contributed by atoms with Gasteiger partial charge < -0.3 is 0 Å². The molecule has 1 aromatic rings. The molecule has 1 rings (SSSR count). The Morgan fingerprint density at radius 3 is 1.94 bits per heavy atom. The van der Waals surface area contributed by atoms with Crippen LogP contribution in [0.25, 0.3) is 0 Å². The van der Waals surface area contributed by atoms with Gasteiger partial charge in [-0.3, -0.25) is 4.79 Å². The molecule has 18 heavy (non-hydrogen) atoms. The number of benzene rings is 1. The fraction of sp³-hybridized carbons (Fsp3) is 0.500. The lowest BCUT2D eigenvalue weighted by molar-refractivity contribution is -0.171. The number of alkyl halides is 3. The normalized spacial score (nSPS) is 12.6. The van der Waals surface area contributed by atoms with Crippen LogP contribution in [0.2, 0.25) is 0 Å². The van der Waals surface area contributed by atoms with Gasteiger partial charge in [0.2, 0.25) is 5.78 Å². The molecule has 0 aliphatic rings. The Morgan fingerprint density at radius 1 is 1.06 bits per heavy atom. The van der Waals surface area contributed by atoms with E-state index in [1.165, 1.54) is 0 Å². The van der Waals surface area contributed by atoms with E-state index in [1.807, 2.05) is 12.1 Å². The number of carbonyl (C=O) groups excluding carboxylic acids is 1. The van der Waals surface area contributed by atoms with E-state index in [0.29, 0.717) is 0 Å². The molecular weight excluding hydrogens is 241 g/mol. The SMILES string of the molecule is CC(C)(C)c1ccc(CCC(=O)C(F)(F)F)cc1. The van der Waals surface area contributed by atoms with Gasteiger partial charge in [-0.2, -0.15) is 13.2 Å². The van der Waals surface area contributed by atoms with Crippen LogP contribution in [0, 0.1) is 0 Å². The number of ketones is 1. The first kappa shape index (κ1) is 14.7. The Morgan fingerprint density at radius 2 is 1.56 bits per heavy atom. The van der Waals surface area contributed by atoms with E-state index < -0.39 is 18.4 Å². The number of halogens is 3. The van der Waals surface area contributed by atoms with Gasteiger partial charge in [0.1, 0.15) is 0 Å². The van der Waals surface area contributed by atoms with Crippen LogP contribution in [0.15, 0.2) is 24.3 Å². The Hall–Kier alpha value is -1.32. The molecule has 0 radical (unpaired) electrons. The van der Waals surface area contributed by atoms with Gasteiger partial charge in [0.05, 0.1) is 0 Å². The van der Waals surface area contributed by atoms with Crippen molar-refractivity contribution >= 4 is 5.78 Å². The van der Waals surface area contributed by atoms with E-state index in [0.717, 1.165) is 11.1 Å². The molecule has 1 aromatic carbocycles. The van der Waals surface area contributed by atoms with Crippen molar-refractivity contribution in [1.82, 2.24) is 0 Å². The Kier molecular flexibility index (Phi) is 4.20. The van der Waals surface area contributed by atoms with Crippen LogP contribution < -0.4 is 0 Å². The largest absolute Gasteiger partial charge is 0.449 e. The molecule has 0 atom stereocenters. The summed E-state index contributed by atoms with van der Waals surface area (Å²) in [6.07, 6.45) is -5.08. The lowest BCUT2D eigenvalue weighted by Gasteiger charge is -2.19. The highest BCUT2D eigenvalue weighted by atomic mass is 19.4. The first-order valence-corrected chi connectivity index (χ1v) is 5.80. The molecule has 100 valence electrons. The summed E-state index contributed by atoms with van der Waals surface area (Å²) in [5, 5.41) is 0. The molecule has 0 bridgehead atoms.